The summed E-state index contributed by atoms with van der Waals surface area (Å²) in [5.74, 6) is 3.26. The van der Waals surface area contributed by atoms with Crippen LogP contribution in [0.3, 0.4) is 0 Å². The molecule has 2 unspecified atom stereocenters. The van der Waals surface area contributed by atoms with Gasteiger partial charge in [0.2, 0.25) is 11.8 Å². The van der Waals surface area contributed by atoms with Crippen molar-refractivity contribution in [2.45, 2.75) is 104 Å². The maximum Gasteiger partial charge on any atom is 0.213 e. The fourth-order valence-corrected chi connectivity index (χ4v) is 19.9. The third-order valence-corrected chi connectivity index (χ3v) is 25.9. The summed E-state index contributed by atoms with van der Waals surface area (Å²) in [6.45, 7) is 23.4. The normalized spacial score (nSPS) is 16.6. The van der Waals surface area contributed by atoms with Gasteiger partial charge in [0.15, 0.2) is 0 Å². The minimum absolute atomic E-state index is 0.0539. The maximum atomic E-state index is 7.96. The quantitative estimate of drug-likeness (QED) is 0.136. The Balaban J connectivity index is 0.810. The third-order valence-electron chi connectivity index (χ3n) is 25.9. The summed E-state index contributed by atoms with van der Waals surface area (Å²) >= 11 is 0. The number of rotatable bonds is 10. The lowest BCUT2D eigenvalue weighted by atomic mass is 9.71. The van der Waals surface area contributed by atoms with Gasteiger partial charge in [-0.3, -0.25) is 9.80 Å². The van der Waals surface area contributed by atoms with Crippen molar-refractivity contribution in [3.8, 4) is 44.7 Å². The van der Waals surface area contributed by atoms with Crippen molar-refractivity contribution in [1.82, 2.24) is 0 Å². The predicted molar refractivity (Wildman–Crippen MR) is 475 cm³/mol. The Morgan fingerprint density at radius 1 is 0.368 bits per heavy atom. The van der Waals surface area contributed by atoms with Gasteiger partial charge in [0, 0.05) is 72.2 Å². The molecule has 13 aromatic carbocycles. The van der Waals surface area contributed by atoms with Crippen LogP contribution in [-0.4, -0.2) is 0 Å². The van der Waals surface area contributed by atoms with E-state index in [1.807, 2.05) is 18.2 Å². The van der Waals surface area contributed by atoms with Crippen LogP contribution in [0.1, 0.15) is 126 Å². The molecule has 0 spiro atoms. The minimum atomic E-state index is -0.317. The van der Waals surface area contributed by atoms with Crippen molar-refractivity contribution in [2.75, 3.05) is 9.80 Å². The summed E-state index contributed by atoms with van der Waals surface area (Å²) in [6.07, 6.45) is 15.9. The molecular formula is C108H86N2O4. The van der Waals surface area contributed by atoms with E-state index < -0.39 is 0 Å². The molecule has 0 saturated heterocycles. The molecule has 22 rings (SSSR count). The zero-order chi connectivity index (χ0) is 77.0. The molecule has 5 aliphatic carbocycles. The molecule has 0 N–H and O–H groups in total. The van der Waals surface area contributed by atoms with Crippen LogP contribution >= 0.6 is 0 Å². The van der Waals surface area contributed by atoms with Crippen molar-refractivity contribution in [3.05, 3.63) is 359 Å². The molecule has 0 fully saturated rings. The summed E-state index contributed by atoms with van der Waals surface area (Å²) in [5, 5.41) is 10.9. The van der Waals surface area contributed by atoms with Crippen molar-refractivity contribution >= 4 is 122 Å². The molecular weight excluding hydrogens is 1390 g/mol. The molecule has 0 radical (unpaired) electrons. The van der Waals surface area contributed by atoms with Crippen LogP contribution in [0, 0.1) is 11.8 Å². The second-order valence-electron chi connectivity index (χ2n) is 35.4. The minimum Gasteiger partial charge on any atom is -0.456 e. The Bertz CT molecular complexity index is 7060. The SMILES string of the molecule is CC(C)(C)c1ccc(-c2c(N(C3=CC4=C(c5ccccc5C4(C)C)C4C=CC=CC34)c3ccc4cc(-c5cc6ccccc6o5)ccc4c3)oc3ccc4c(ccc5oc(N(c6ccc7c(c6)CCC(c6cc8ccccc8o6)=C7)c6cc7c(c8ccccc68)-c6ccccc6C7(C)C)c(-c6ccc(C(C)(C)C)cc6)c54)c23)cc1. The highest BCUT2D eigenvalue weighted by molar-refractivity contribution is 6.26. The van der Waals surface area contributed by atoms with Crippen LogP contribution in [0.2, 0.25) is 0 Å². The van der Waals surface area contributed by atoms with E-state index >= 15 is 0 Å². The van der Waals surface area contributed by atoms with Crippen molar-refractivity contribution in [1.29, 1.82) is 0 Å². The Labute approximate surface area is 664 Å². The summed E-state index contributed by atoms with van der Waals surface area (Å²) in [4.78, 5) is 4.97. The van der Waals surface area contributed by atoms with Crippen LogP contribution < -0.4 is 9.80 Å². The Morgan fingerprint density at radius 3 is 1.56 bits per heavy atom. The number of hydrogen-bond acceptors (Lipinski definition) is 6. The van der Waals surface area contributed by atoms with Crippen LogP contribution in [0.4, 0.5) is 28.8 Å². The van der Waals surface area contributed by atoms with Crippen LogP contribution in [-0.2, 0) is 28.1 Å². The molecule has 0 saturated carbocycles. The highest BCUT2D eigenvalue weighted by Gasteiger charge is 2.47. The van der Waals surface area contributed by atoms with Gasteiger partial charge in [-0.05, 0) is 231 Å². The first-order chi connectivity index (χ1) is 55.3. The van der Waals surface area contributed by atoms with Crippen molar-refractivity contribution in [2.24, 2.45) is 11.8 Å². The average molecular weight is 1480 g/mol. The van der Waals surface area contributed by atoms with E-state index in [1.54, 1.807) is 0 Å². The number of hydrogen-bond donors (Lipinski definition) is 0. The monoisotopic (exact) mass is 1470 g/mol. The number of para-hydroxylation sites is 2. The summed E-state index contributed by atoms with van der Waals surface area (Å²) in [7, 11) is 0. The zero-order valence-corrected chi connectivity index (χ0v) is 66.0. The number of allylic oxidation sites excluding steroid dienone is 8. The Morgan fingerprint density at radius 2 is 0.904 bits per heavy atom. The largest absolute Gasteiger partial charge is 0.456 e. The van der Waals surface area contributed by atoms with Gasteiger partial charge >= 0.3 is 0 Å². The molecule has 0 amide bonds. The number of nitrogens with zero attached hydrogens (tertiary/aromatic N) is 2. The van der Waals surface area contributed by atoms with Crippen LogP contribution in [0.15, 0.2) is 326 Å². The fraction of sp³-hybridized carbons (Fsp3) is 0.167. The van der Waals surface area contributed by atoms with Gasteiger partial charge in [-0.2, -0.15) is 0 Å². The summed E-state index contributed by atoms with van der Waals surface area (Å²) < 4.78 is 29.0. The van der Waals surface area contributed by atoms with Gasteiger partial charge in [0.25, 0.3) is 0 Å². The van der Waals surface area contributed by atoms with Crippen LogP contribution in [0.25, 0.3) is 138 Å². The van der Waals surface area contributed by atoms with E-state index in [0.717, 1.165) is 158 Å². The third kappa shape index (κ3) is 10.4. The van der Waals surface area contributed by atoms with Gasteiger partial charge in [-0.1, -0.05) is 276 Å². The first-order valence-corrected chi connectivity index (χ1v) is 40.5. The lowest BCUT2D eigenvalue weighted by Crippen LogP contribution is -2.31. The van der Waals surface area contributed by atoms with E-state index in [2.05, 4.69) is 364 Å². The number of aryl methyl sites for hydroxylation is 1. The fourth-order valence-electron chi connectivity index (χ4n) is 19.9. The molecule has 552 valence electrons. The lowest BCUT2D eigenvalue weighted by molar-refractivity contribution is 0.572. The second-order valence-corrected chi connectivity index (χ2v) is 35.4. The molecule has 0 bridgehead atoms. The van der Waals surface area contributed by atoms with Crippen molar-refractivity contribution < 1.29 is 17.7 Å². The molecule has 2 atom stereocenters. The number of anilines is 5. The van der Waals surface area contributed by atoms with Gasteiger partial charge in [-0.25, -0.2) is 0 Å². The molecule has 0 aliphatic heterocycles. The topological polar surface area (TPSA) is 59.0 Å². The second kappa shape index (κ2) is 24.8. The number of furan rings is 4. The van der Waals surface area contributed by atoms with Crippen LogP contribution in [0.5, 0.6) is 0 Å². The van der Waals surface area contributed by atoms with E-state index in [-0.39, 0.29) is 33.5 Å². The molecule has 4 aromatic heterocycles. The molecule has 114 heavy (non-hydrogen) atoms. The first-order valence-electron chi connectivity index (χ1n) is 40.5. The molecule has 5 aliphatic rings. The van der Waals surface area contributed by atoms with E-state index in [4.69, 9.17) is 17.7 Å². The lowest BCUT2D eigenvalue weighted by Gasteiger charge is -2.39. The molecule has 17 aromatic rings. The van der Waals surface area contributed by atoms with Gasteiger partial charge < -0.3 is 17.7 Å². The van der Waals surface area contributed by atoms with E-state index in [9.17, 15) is 0 Å². The standard InChI is InChI=1S/C108H86N2O4/c1-105(2,3)73-45-39-63(40-46-73)97-101-81-51-54-94-102(82(81)52-53-93(101)113-103(97)109(75-49-43-65-55-71(37-35-67(65)57-75)95-59-69-23-11-21-33-91(69)111-95)89-61-87-99(79-27-15-13-25-77(79)89)83-29-17-19-31-85(83)107(87,7)8)98(64-41-47-74(48-42-64)106(4,5)6)104(114-94)110(76-50-44-66-56-72(38-36-68(66)58-76)96-60-70-24-12-22-34-92(70)112-96)90-62-88-100(80-28-16-14-26-78(80)90)84-30-18-20-32-86(84)108(88,9)10/h11-35,37,39-62,77,79H,36,38H2,1-10H3. The first kappa shape index (κ1) is 67.9. The maximum absolute atomic E-state index is 7.96. The summed E-state index contributed by atoms with van der Waals surface area (Å²) in [5.41, 5.74) is 28.7. The highest BCUT2D eigenvalue weighted by atomic mass is 16.4. The summed E-state index contributed by atoms with van der Waals surface area (Å²) in [6, 6.07) is 99.2. The average Bonchev–Trinajstić information content (AvgIpc) is 1.55. The van der Waals surface area contributed by atoms with Crippen molar-refractivity contribution in [3.63, 3.8) is 0 Å². The van der Waals surface area contributed by atoms with Gasteiger partial charge in [-0.15, -0.1) is 0 Å². The number of benzene rings is 13. The Hall–Kier alpha value is -12.9. The van der Waals surface area contributed by atoms with E-state index in [0.29, 0.717) is 0 Å². The molecule has 6 nitrogen and oxygen atoms in total. The Kier molecular flexibility index (Phi) is 14.8. The smallest absolute Gasteiger partial charge is 0.213 e. The predicted octanol–water partition coefficient (Wildman–Crippen LogP) is 30.1. The van der Waals surface area contributed by atoms with E-state index in [1.165, 1.54) is 77.7 Å². The number of fused-ring (bicyclic) bond motifs is 18. The molecule has 6 heteroatoms. The van der Waals surface area contributed by atoms with Gasteiger partial charge in [0.1, 0.15) is 33.9 Å². The zero-order valence-electron chi connectivity index (χ0n) is 66.0. The molecule has 4 heterocycles. The van der Waals surface area contributed by atoms with Gasteiger partial charge in [0.05, 0.1) is 16.8 Å². The highest BCUT2D eigenvalue weighted by Crippen LogP contribution is 2.61.